The molecule has 0 aliphatic heterocycles. The van der Waals surface area contributed by atoms with Gasteiger partial charge < -0.3 is 19.5 Å². The number of halogens is 2. The van der Waals surface area contributed by atoms with E-state index in [-0.39, 0.29) is 11.7 Å². The number of aromatic carboxylic acids is 1. The van der Waals surface area contributed by atoms with Crippen molar-refractivity contribution in [3.05, 3.63) is 76.0 Å². The third-order valence-corrected chi connectivity index (χ3v) is 6.38. The van der Waals surface area contributed by atoms with E-state index >= 15 is 0 Å². The van der Waals surface area contributed by atoms with Crippen LogP contribution in [0.1, 0.15) is 41.6 Å². The minimum Gasteiger partial charge on any atom is -0.493 e. The molecule has 0 saturated heterocycles. The molecule has 33 heavy (non-hydrogen) atoms. The predicted octanol–water partition coefficient (Wildman–Crippen LogP) is 6.75. The lowest BCUT2D eigenvalue weighted by molar-refractivity contribution is 0.0697. The topological polar surface area (TPSA) is 71.9 Å². The van der Waals surface area contributed by atoms with Gasteiger partial charge in [0.2, 0.25) is 0 Å². The van der Waals surface area contributed by atoms with Crippen LogP contribution >= 0.6 is 23.2 Å². The van der Waals surface area contributed by atoms with Gasteiger partial charge in [-0.1, -0.05) is 29.3 Å². The van der Waals surface area contributed by atoms with Crippen molar-refractivity contribution in [1.29, 1.82) is 0 Å². The highest BCUT2D eigenvalue weighted by atomic mass is 35.5. The van der Waals surface area contributed by atoms with Gasteiger partial charge in [0.05, 0.1) is 35.4 Å². The Balaban J connectivity index is 1.78. The average Bonchev–Trinajstić information content (AvgIpc) is 3.32. The number of carboxylic acids is 1. The normalized spacial score (nSPS) is 13.7. The number of rotatable bonds is 8. The number of pyridine rings is 1. The SMILES string of the molecule is COc1ccc(N(Cc2c(Cl)cncc2Cl)c2cccc(C(=O)O)c2)cc1OC1CCCC1. The summed E-state index contributed by atoms with van der Waals surface area (Å²) in [4.78, 5) is 17.6. The number of methoxy groups -OCH3 is 1. The molecule has 6 nitrogen and oxygen atoms in total. The van der Waals surface area contributed by atoms with Crippen molar-refractivity contribution in [2.24, 2.45) is 0 Å². The molecular weight excluding hydrogens is 463 g/mol. The van der Waals surface area contributed by atoms with E-state index in [1.807, 2.05) is 29.2 Å². The van der Waals surface area contributed by atoms with Crippen molar-refractivity contribution in [2.45, 2.75) is 38.3 Å². The molecule has 2 aromatic carbocycles. The summed E-state index contributed by atoms with van der Waals surface area (Å²) in [6.45, 7) is 0.304. The van der Waals surface area contributed by atoms with Crippen molar-refractivity contribution in [3.63, 3.8) is 0 Å². The van der Waals surface area contributed by atoms with Gasteiger partial charge in [-0.15, -0.1) is 0 Å². The van der Waals surface area contributed by atoms with Crippen molar-refractivity contribution in [2.75, 3.05) is 12.0 Å². The Labute approximate surface area is 202 Å². The number of carbonyl (C=O) groups is 1. The number of carboxylic acid groups (broad SMARTS) is 1. The Kier molecular flexibility index (Phi) is 7.26. The van der Waals surface area contributed by atoms with Crippen LogP contribution in [0.15, 0.2) is 54.9 Å². The highest BCUT2D eigenvalue weighted by Crippen LogP contribution is 2.39. The van der Waals surface area contributed by atoms with Crippen molar-refractivity contribution >= 4 is 40.5 Å². The van der Waals surface area contributed by atoms with Crippen LogP contribution in [0.5, 0.6) is 11.5 Å². The first kappa shape index (κ1) is 23.2. The van der Waals surface area contributed by atoms with Crippen LogP contribution in [0.2, 0.25) is 10.0 Å². The van der Waals surface area contributed by atoms with Crippen LogP contribution in [0, 0.1) is 0 Å². The molecule has 4 rings (SSSR count). The molecule has 1 saturated carbocycles. The summed E-state index contributed by atoms with van der Waals surface area (Å²) in [5.41, 5.74) is 2.33. The van der Waals surface area contributed by atoms with Gasteiger partial charge >= 0.3 is 5.97 Å². The molecule has 0 amide bonds. The van der Waals surface area contributed by atoms with E-state index in [0.717, 1.165) is 31.4 Å². The number of hydrogen-bond acceptors (Lipinski definition) is 5. The molecule has 8 heteroatoms. The summed E-state index contributed by atoms with van der Waals surface area (Å²) in [7, 11) is 1.61. The number of aromatic nitrogens is 1. The molecule has 1 aliphatic rings. The second-order valence-corrected chi connectivity index (χ2v) is 8.70. The van der Waals surface area contributed by atoms with E-state index in [1.165, 1.54) is 12.4 Å². The summed E-state index contributed by atoms with van der Waals surface area (Å²) in [5, 5.41) is 10.4. The first-order chi connectivity index (χ1) is 16.0. The first-order valence-electron chi connectivity index (χ1n) is 10.7. The van der Waals surface area contributed by atoms with Gasteiger partial charge in [0.25, 0.3) is 0 Å². The molecule has 0 bridgehead atoms. The standard InChI is InChI=1S/C25H24Cl2N2O4/c1-32-23-10-9-18(12-24(23)33-19-7-2-3-8-19)29(15-20-21(26)13-28-14-22(20)27)17-6-4-5-16(11-17)25(30)31/h4-6,9-14,19H,2-3,7-8,15H2,1H3,(H,30,31). The fourth-order valence-corrected chi connectivity index (χ4v) is 4.48. The maximum Gasteiger partial charge on any atom is 0.335 e. The predicted molar refractivity (Wildman–Crippen MR) is 129 cm³/mol. The minimum atomic E-state index is -1.00. The molecule has 1 heterocycles. The maximum atomic E-state index is 11.6. The molecule has 172 valence electrons. The van der Waals surface area contributed by atoms with Crippen LogP contribution < -0.4 is 14.4 Å². The van der Waals surface area contributed by atoms with E-state index < -0.39 is 5.97 Å². The molecule has 3 aromatic rings. The van der Waals surface area contributed by atoms with Gasteiger partial charge in [0.15, 0.2) is 11.5 Å². The van der Waals surface area contributed by atoms with E-state index in [2.05, 4.69) is 4.98 Å². The molecule has 0 atom stereocenters. The van der Waals surface area contributed by atoms with Crippen molar-refractivity contribution < 1.29 is 19.4 Å². The second-order valence-electron chi connectivity index (χ2n) is 7.88. The number of benzene rings is 2. The summed E-state index contributed by atoms with van der Waals surface area (Å²) in [6.07, 6.45) is 7.57. The third-order valence-electron chi connectivity index (χ3n) is 5.73. The zero-order chi connectivity index (χ0) is 23.4. The molecule has 1 aliphatic carbocycles. The second kappa shape index (κ2) is 10.3. The monoisotopic (exact) mass is 486 g/mol. The molecule has 0 unspecified atom stereocenters. The molecule has 0 radical (unpaired) electrons. The van der Waals surface area contributed by atoms with Gasteiger partial charge in [0.1, 0.15) is 0 Å². The molecule has 1 N–H and O–H groups in total. The number of anilines is 2. The quantitative estimate of drug-likeness (QED) is 0.379. The number of hydrogen-bond donors (Lipinski definition) is 1. The smallest absolute Gasteiger partial charge is 0.335 e. The Morgan fingerprint density at radius 1 is 1.06 bits per heavy atom. The van der Waals surface area contributed by atoms with Crippen molar-refractivity contribution in [1.82, 2.24) is 4.98 Å². The Hall–Kier alpha value is -2.96. The fourth-order valence-electron chi connectivity index (χ4n) is 4.00. The highest BCUT2D eigenvalue weighted by molar-refractivity contribution is 6.35. The van der Waals surface area contributed by atoms with Crippen LogP contribution in [-0.4, -0.2) is 29.3 Å². The molecule has 1 fully saturated rings. The summed E-state index contributed by atoms with van der Waals surface area (Å²) in [6, 6.07) is 12.4. The van der Waals surface area contributed by atoms with E-state index in [9.17, 15) is 9.90 Å². The maximum absolute atomic E-state index is 11.6. The highest BCUT2D eigenvalue weighted by Gasteiger charge is 2.21. The lowest BCUT2D eigenvalue weighted by Crippen LogP contribution is -2.18. The Bertz CT molecular complexity index is 1130. The number of nitrogens with zero attached hydrogens (tertiary/aromatic N) is 2. The summed E-state index contributed by atoms with van der Waals surface area (Å²) >= 11 is 12.8. The van der Waals surface area contributed by atoms with Gasteiger partial charge in [-0.25, -0.2) is 4.79 Å². The first-order valence-corrected chi connectivity index (χ1v) is 11.5. The van der Waals surface area contributed by atoms with Crippen LogP contribution in [0.3, 0.4) is 0 Å². The Morgan fingerprint density at radius 3 is 2.42 bits per heavy atom. The van der Waals surface area contributed by atoms with Crippen LogP contribution in [0.4, 0.5) is 11.4 Å². The van der Waals surface area contributed by atoms with E-state index in [4.69, 9.17) is 32.7 Å². The minimum absolute atomic E-state index is 0.155. The van der Waals surface area contributed by atoms with E-state index in [0.29, 0.717) is 39.3 Å². The average molecular weight is 487 g/mol. The lowest BCUT2D eigenvalue weighted by atomic mass is 10.1. The lowest BCUT2D eigenvalue weighted by Gasteiger charge is -2.27. The molecular formula is C25H24Cl2N2O4. The fraction of sp³-hybridized carbons (Fsp3) is 0.280. The largest absolute Gasteiger partial charge is 0.493 e. The number of ether oxygens (including phenoxy) is 2. The van der Waals surface area contributed by atoms with Crippen LogP contribution in [0.25, 0.3) is 0 Å². The zero-order valence-corrected chi connectivity index (χ0v) is 19.6. The Morgan fingerprint density at radius 2 is 1.76 bits per heavy atom. The van der Waals surface area contributed by atoms with Gasteiger partial charge in [0, 0.05) is 35.4 Å². The van der Waals surface area contributed by atoms with Crippen LogP contribution in [-0.2, 0) is 6.54 Å². The van der Waals surface area contributed by atoms with Crippen molar-refractivity contribution in [3.8, 4) is 11.5 Å². The van der Waals surface area contributed by atoms with Gasteiger partial charge in [-0.3, -0.25) is 4.98 Å². The summed E-state index contributed by atoms with van der Waals surface area (Å²) < 4.78 is 11.8. The van der Waals surface area contributed by atoms with Gasteiger partial charge in [-0.2, -0.15) is 0 Å². The van der Waals surface area contributed by atoms with Gasteiger partial charge in [-0.05, 0) is 56.0 Å². The summed E-state index contributed by atoms with van der Waals surface area (Å²) in [5.74, 6) is 0.287. The molecule has 1 aromatic heterocycles. The zero-order valence-electron chi connectivity index (χ0n) is 18.1. The van der Waals surface area contributed by atoms with E-state index in [1.54, 1.807) is 25.3 Å². The molecule has 0 spiro atoms. The third kappa shape index (κ3) is 5.34.